The highest BCUT2D eigenvalue weighted by molar-refractivity contribution is 5.75. The molecule has 0 aromatic rings. The molecule has 0 fully saturated rings. The van der Waals surface area contributed by atoms with E-state index in [2.05, 4.69) is 12.3 Å². The Hall–Kier alpha value is -0.650. The Morgan fingerprint density at radius 1 is 0.741 bits per heavy atom. The number of nitrogens with one attached hydrogen (secondary N) is 1. The van der Waals surface area contributed by atoms with Gasteiger partial charge in [0.15, 0.2) is 6.29 Å². The second-order valence-corrected chi connectivity index (χ2v) is 7.78. The maximum Gasteiger partial charge on any atom is 0.234 e. The van der Waals surface area contributed by atoms with Crippen LogP contribution in [0.4, 0.5) is 0 Å². The summed E-state index contributed by atoms with van der Waals surface area (Å²) in [6.07, 6.45) is 17.4. The molecule has 0 aromatic carbocycles. The van der Waals surface area contributed by atoms with Crippen molar-refractivity contribution in [2.24, 2.45) is 0 Å². The normalized spacial score (nSPS) is 11.5. The first kappa shape index (κ1) is 26.4. The minimum Gasteiger partial charge on any atom is -0.368 e. The molecule has 5 nitrogen and oxygen atoms in total. The van der Waals surface area contributed by atoms with Gasteiger partial charge in [0.2, 0.25) is 5.91 Å². The lowest BCUT2D eigenvalue weighted by Gasteiger charge is -2.23. The molecule has 27 heavy (non-hydrogen) atoms. The molecule has 0 aromatic heterocycles. The van der Waals surface area contributed by atoms with E-state index in [1.165, 1.54) is 70.6 Å². The number of rotatable bonds is 20. The van der Waals surface area contributed by atoms with E-state index in [1.807, 2.05) is 6.92 Å². The summed E-state index contributed by atoms with van der Waals surface area (Å²) >= 11 is 0. The molecular formula is C22H46N2O3. The van der Waals surface area contributed by atoms with Gasteiger partial charge in [-0.2, -0.15) is 0 Å². The molecule has 0 atom stereocenters. The van der Waals surface area contributed by atoms with Crippen LogP contribution in [0.15, 0.2) is 0 Å². The van der Waals surface area contributed by atoms with E-state index < -0.39 is 6.29 Å². The molecule has 1 amide bonds. The van der Waals surface area contributed by atoms with Crippen LogP contribution >= 0.6 is 0 Å². The van der Waals surface area contributed by atoms with Crippen LogP contribution in [0.1, 0.15) is 117 Å². The number of hydrogen-bond donors (Lipinski definition) is 3. The van der Waals surface area contributed by atoms with E-state index in [9.17, 15) is 4.79 Å². The Bertz CT molecular complexity index is 325. The smallest absolute Gasteiger partial charge is 0.234 e. The molecule has 5 heteroatoms. The predicted molar refractivity (Wildman–Crippen MR) is 113 cm³/mol. The van der Waals surface area contributed by atoms with Crippen molar-refractivity contribution >= 4 is 5.91 Å². The van der Waals surface area contributed by atoms with Crippen molar-refractivity contribution in [3.05, 3.63) is 0 Å². The number of unbranched alkanes of at least 4 members (excludes halogenated alkanes) is 12. The Morgan fingerprint density at radius 3 is 1.67 bits per heavy atom. The molecule has 0 rings (SSSR count). The number of aliphatic hydroxyl groups excluding tert-OH is 1. The number of nitrogens with zero attached hydrogens (tertiary/aromatic N) is 1. The van der Waals surface area contributed by atoms with E-state index in [4.69, 9.17) is 10.2 Å². The Morgan fingerprint density at radius 2 is 1.22 bits per heavy atom. The molecule has 0 aliphatic heterocycles. The highest BCUT2D eigenvalue weighted by atomic mass is 16.5. The number of hydrazine groups is 1. The lowest BCUT2D eigenvalue weighted by atomic mass is 10.0. The van der Waals surface area contributed by atoms with Crippen LogP contribution in [0.3, 0.4) is 0 Å². The molecule has 3 N–H and O–H groups in total. The van der Waals surface area contributed by atoms with Crippen LogP contribution in [0.2, 0.25) is 0 Å². The van der Waals surface area contributed by atoms with Gasteiger partial charge in [-0.3, -0.25) is 10.2 Å². The molecule has 0 heterocycles. The van der Waals surface area contributed by atoms with E-state index in [0.717, 1.165) is 25.8 Å². The van der Waals surface area contributed by atoms with Crippen molar-refractivity contribution in [1.82, 2.24) is 10.4 Å². The fourth-order valence-corrected chi connectivity index (χ4v) is 3.30. The fourth-order valence-electron chi connectivity index (χ4n) is 3.30. The minimum absolute atomic E-state index is 0.0407. The van der Waals surface area contributed by atoms with E-state index in [1.54, 1.807) is 5.01 Å². The Balaban J connectivity index is 3.46. The standard InChI is InChI=1S/C22H46N2O3/c1-3-5-6-7-8-9-10-11-12-13-14-15-16-17-21(25)23-24(19-4-2)20-18-22(26)27/h22,26-27H,3-20H2,1-2H3,(H,23,25). The molecule has 0 saturated heterocycles. The summed E-state index contributed by atoms with van der Waals surface area (Å²) in [6, 6.07) is 0. The van der Waals surface area contributed by atoms with Gasteiger partial charge >= 0.3 is 0 Å². The van der Waals surface area contributed by atoms with Crippen molar-refractivity contribution < 1.29 is 15.0 Å². The molecular weight excluding hydrogens is 340 g/mol. The summed E-state index contributed by atoms with van der Waals surface area (Å²) in [6.45, 7) is 5.51. The second kappa shape index (κ2) is 20.1. The molecule has 0 spiro atoms. The second-order valence-electron chi connectivity index (χ2n) is 7.78. The van der Waals surface area contributed by atoms with Gasteiger partial charge in [-0.05, 0) is 12.8 Å². The van der Waals surface area contributed by atoms with Gasteiger partial charge in [-0.25, -0.2) is 5.01 Å². The van der Waals surface area contributed by atoms with Gasteiger partial charge in [-0.15, -0.1) is 0 Å². The van der Waals surface area contributed by atoms with Crippen molar-refractivity contribution in [1.29, 1.82) is 0 Å². The molecule has 0 unspecified atom stereocenters. The summed E-state index contributed by atoms with van der Waals surface area (Å²) in [5.74, 6) is 0.0407. The highest BCUT2D eigenvalue weighted by Gasteiger charge is 2.09. The third kappa shape index (κ3) is 19.9. The maximum absolute atomic E-state index is 12.0. The van der Waals surface area contributed by atoms with E-state index in [-0.39, 0.29) is 12.3 Å². The lowest BCUT2D eigenvalue weighted by molar-refractivity contribution is -0.127. The van der Waals surface area contributed by atoms with E-state index in [0.29, 0.717) is 13.0 Å². The fraction of sp³-hybridized carbons (Fsp3) is 0.955. The zero-order valence-electron chi connectivity index (χ0n) is 18.1. The third-order valence-electron chi connectivity index (χ3n) is 4.94. The summed E-state index contributed by atoms with van der Waals surface area (Å²) < 4.78 is 0. The number of aliphatic hydroxyl groups is 2. The quantitative estimate of drug-likeness (QED) is 0.158. The average Bonchev–Trinajstić information content (AvgIpc) is 2.63. The maximum atomic E-state index is 12.0. The van der Waals surface area contributed by atoms with Crippen molar-refractivity contribution in [3.8, 4) is 0 Å². The minimum atomic E-state index is -1.32. The van der Waals surface area contributed by atoms with E-state index >= 15 is 0 Å². The van der Waals surface area contributed by atoms with Gasteiger partial charge < -0.3 is 10.2 Å². The Labute approximate surface area is 167 Å². The zero-order valence-corrected chi connectivity index (χ0v) is 18.1. The monoisotopic (exact) mass is 386 g/mol. The van der Waals surface area contributed by atoms with Crippen molar-refractivity contribution in [2.45, 2.75) is 123 Å². The summed E-state index contributed by atoms with van der Waals surface area (Å²) in [4.78, 5) is 12.0. The first-order chi connectivity index (χ1) is 13.1. The SMILES string of the molecule is CCCCCCCCCCCCCCCC(=O)NN(CCC)CCC(O)O. The topological polar surface area (TPSA) is 72.8 Å². The predicted octanol–water partition coefficient (Wildman–Crippen LogP) is 4.91. The molecule has 162 valence electrons. The van der Waals surface area contributed by atoms with Crippen LogP contribution in [0.5, 0.6) is 0 Å². The van der Waals surface area contributed by atoms with Gasteiger partial charge in [0.1, 0.15) is 0 Å². The van der Waals surface area contributed by atoms with Crippen LogP contribution in [-0.2, 0) is 4.79 Å². The average molecular weight is 387 g/mol. The van der Waals surface area contributed by atoms with Crippen molar-refractivity contribution in [3.63, 3.8) is 0 Å². The van der Waals surface area contributed by atoms with Crippen LogP contribution in [0, 0.1) is 0 Å². The molecule has 0 saturated carbocycles. The summed E-state index contributed by atoms with van der Waals surface area (Å²) in [5.41, 5.74) is 2.89. The van der Waals surface area contributed by atoms with Crippen LogP contribution < -0.4 is 5.43 Å². The number of carbonyl (C=O) groups is 1. The summed E-state index contributed by atoms with van der Waals surface area (Å²) in [7, 11) is 0. The number of carbonyl (C=O) groups excluding carboxylic acids is 1. The van der Waals surface area contributed by atoms with Gasteiger partial charge in [0, 0.05) is 25.9 Å². The molecule has 0 radical (unpaired) electrons. The largest absolute Gasteiger partial charge is 0.368 e. The van der Waals surface area contributed by atoms with Gasteiger partial charge in [-0.1, -0.05) is 90.9 Å². The Kier molecular flexibility index (Phi) is 19.6. The van der Waals surface area contributed by atoms with Gasteiger partial charge in [0.05, 0.1) is 0 Å². The lowest BCUT2D eigenvalue weighted by Crippen LogP contribution is -2.43. The number of amides is 1. The van der Waals surface area contributed by atoms with Crippen molar-refractivity contribution in [2.75, 3.05) is 13.1 Å². The molecule has 0 bridgehead atoms. The first-order valence-electron chi connectivity index (χ1n) is 11.5. The van der Waals surface area contributed by atoms with Gasteiger partial charge in [0.25, 0.3) is 0 Å². The zero-order chi connectivity index (χ0) is 20.2. The molecule has 0 aliphatic rings. The highest BCUT2D eigenvalue weighted by Crippen LogP contribution is 2.13. The molecule has 0 aliphatic carbocycles. The summed E-state index contributed by atoms with van der Waals surface area (Å²) in [5, 5.41) is 19.7. The number of hydrogen-bond acceptors (Lipinski definition) is 4. The first-order valence-corrected chi connectivity index (χ1v) is 11.5. The van der Waals surface area contributed by atoms with Crippen LogP contribution in [-0.4, -0.2) is 40.5 Å². The van der Waals surface area contributed by atoms with Crippen LogP contribution in [0.25, 0.3) is 0 Å². The third-order valence-corrected chi connectivity index (χ3v) is 4.94.